The summed E-state index contributed by atoms with van der Waals surface area (Å²) in [5, 5.41) is 16.4. The zero-order chi connectivity index (χ0) is 25.0. The number of nitrogens with zero attached hydrogens (tertiary/aromatic N) is 2. The van der Waals surface area contributed by atoms with E-state index in [4.69, 9.17) is 29.8 Å². The molecule has 0 radical (unpaired) electrons. The van der Waals surface area contributed by atoms with Crippen LogP contribution in [0.2, 0.25) is 0 Å². The number of primary amides is 1. The van der Waals surface area contributed by atoms with Crippen LogP contribution in [-0.4, -0.2) is 34.7 Å². The second-order valence-electron chi connectivity index (χ2n) is 8.57. The summed E-state index contributed by atoms with van der Waals surface area (Å²) in [4.78, 5) is 12.8. The molecule has 9 nitrogen and oxygen atoms in total. The maximum absolute atomic E-state index is 12.3. The van der Waals surface area contributed by atoms with Crippen LogP contribution < -0.4 is 24.7 Å². The maximum atomic E-state index is 12.3. The van der Waals surface area contributed by atoms with Crippen LogP contribution in [0.4, 0.5) is 0 Å². The summed E-state index contributed by atoms with van der Waals surface area (Å²) in [6.45, 7) is 0.163. The van der Waals surface area contributed by atoms with Crippen molar-refractivity contribution in [1.82, 2.24) is 9.78 Å². The highest BCUT2D eigenvalue weighted by Crippen LogP contribution is 2.50. The standard InChI is InChI=1S/C26H23N3O6S/c1-29-22-17(21(28-29)23(30)13-3-5-14(32-2)6-4-13)9-8-16-20(22)26(36-24(16)25(27)31)35-15-7-10-18-19(11-15)34-12-33-18/h3-7,10-11,23,30H,8-9,12H2,1-2H3,(H2,27,31). The number of nitrogens with two attached hydrogens (primary N) is 1. The quantitative estimate of drug-likeness (QED) is 0.407. The average molecular weight is 506 g/mol. The first-order valence-corrected chi connectivity index (χ1v) is 12.2. The van der Waals surface area contributed by atoms with E-state index in [0.717, 1.165) is 22.4 Å². The molecule has 3 N–H and O–H groups in total. The predicted molar refractivity (Wildman–Crippen MR) is 132 cm³/mol. The van der Waals surface area contributed by atoms with Crippen LogP contribution in [-0.2, 0) is 19.9 Å². The van der Waals surface area contributed by atoms with Crippen molar-refractivity contribution in [2.24, 2.45) is 12.8 Å². The van der Waals surface area contributed by atoms with E-state index in [-0.39, 0.29) is 6.79 Å². The Labute approximate surface area is 210 Å². The van der Waals surface area contributed by atoms with Gasteiger partial charge in [-0.3, -0.25) is 9.48 Å². The van der Waals surface area contributed by atoms with Crippen molar-refractivity contribution < 1.29 is 28.8 Å². The largest absolute Gasteiger partial charge is 0.497 e. The Hall–Kier alpha value is -4.02. The third kappa shape index (κ3) is 3.57. The Morgan fingerprint density at radius 1 is 1.11 bits per heavy atom. The van der Waals surface area contributed by atoms with Gasteiger partial charge in [0.25, 0.3) is 5.91 Å². The van der Waals surface area contributed by atoms with Crippen molar-refractivity contribution in [1.29, 1.82) is 0 Å². The van der Waals surface area contributed by atoms with Crippen molar-refractivity contribution in [3.63, 3.8) is 0 Å². The molecule has 2 aliphatic rings. The molecule has 1 aliphatic carbocycles. The van der Waals surface area contributed by atoms with Gasteiger partial charge in [-0.1, -0.05) is 23.5 Å². The molecule has 184 valence electrons. The molecule has 1 aliphatic heterocycles. The molecule has 2 aromatic heterocycles. The molecule has 1 atom stereocenters. The van der Waals surface area contributed by atoms with E-state index < -0.39 is 12.0 Å². The first kappa shape index (κ1) is 22.4. The number of benzene rings is 2. The fraction of sp³-hybridized carbons (Fsp3) is 0.231. The third-order valence-corrected chi connectivity index (χ3v) is 7.61. The molecule has 0 fully saturated rings. The van der Waals surface area contributed by atoms with Crippen molar-refractivity contribution >= 4 is 17.2 Å². The average Bonchev–Trinajstić information content (AvgIpc) is 3.59. The smallest absolute Gasteiger partial charge is 0.259 e. The van der Waals surface area contributed by atoms with Gasteiger partial charge in [0.05, 0.1) is 28.9 Å². The van der Waals surface area contributed by atoms with Crippen LogP contribution in [0.5, 0.6) is 28.1 Å². The summed E-state index contributed by atoms with van der Waals surface area (Å²) < 4.78 is 24.1. The van der Waals surface area contributed by atoms with Gasteiger partial charge in [-0.15, -0.1) is 0 Å². The minimum absolute atomic E-state index is 0.163. The molecule has 36 heavy (non-hydrogen) atoms. The fourth-order valence-corrected chi connectivity index (χ4v) is 5.87. The maximum Gasteiger partial charge on any atom is 0.259 e. The Kier molecular flexibility index (Phi) is 5.35. The lowest BCUT2D eigenvalue weighted by Gasteiger charge is -2.18. The number of thiophene rings is 1. The van der Waals surface area contributed by atoms with Crippen molar-refractivity contribution in [2.75, 3.05) is 13.9 Å². The monoisotopic (exact) mass is 505 g/mol. The number of methoxy groups -OCH3 is 1. The normalized spacial score (nSPS) is 14.2. The number of aryl methyl sites for hydroxylation is 1. The second-order valence-corrected chi connectivity index (χ2v) is 9.55. The van der Waals surface area contributed by atoms with Crippen molar-refractivity contribution in [2.45, 2.75) is 18.9 Å². The van der Waals surface area contributed by atoms with E-state index in [1.807, 2.05) is 19.2 Å². The highest BCUT2D eigenvalue weighted by atomic mass is 32.1. The number of rotatable bonds is 6. The van der Waals surface area contributed by atoms with Crippen LogP contribution in [0.25, 0.3) is 11.3 Å². The second kappa shape index (κ2) is 8.58. The number of ether oxygens (including phenoxy) is 4. The molecular formula is C26H23N3O6S. The lowest BCUT2D eigenvalue weighted by atomic mass is 9.88. The summed E-state index contributed by atoms with van der Waals surface area (Å²) in [6, 6.07) is 12.6. The number of aliphatic hydroxyl groups excluding tert-OH is 1. The van der Waals surface area contributed by atoms with E-state index in [2.05, 4.69) is 0 Å². The minimum Gasteiger partial charge on any atom is -0.497 e. The number of aliphatic hydroxyl groups is 1. The molecule has 3 heterocycles. The number of carbonyl (C=O) groups excluding carboxylic acids is 1. The zero-order valence-electron chi connectivity index (χ0n) is 19.6. The highest BCUT2D eigenvalue weighted by molar-refractivity contribution is 7.16. The molecule has 0 saturated heterocycles. The predicted octanol–water partition coefficient (Wildman–Crippen LogP) is 3.96. The van der Waals surface area contributed by atoms with Crippen LogP contribution in [0.15, 0.2) is 42.5 Å². The van der Waals surface area contributed by atoms with Gasteiger partial charge < -0.3 is 29.8 Å². The Bertz CT molecular complexity index is 1490. The molecule has 10 heteroatoms. The van der Waals surface area contributed by atoms with Gasteiger partial charge in [0, 0.05) is 18.7 Å². The van der Waals surface area contributed by atoms with Crippen LogP contribution >= 0.6 is 11.3 Å². The van der Waals surface area contributed by atoms with Crippen LogP contribution in [0, 0.1) is 0 Å². The number of amides is 1. The number of fused-ring (bicyclic) bond motifs is 4. The Morgan fingerprint density at radius 2 is 1.83 bits per heavy atom. The molecule has 0 bridgehead atoms. The van der Waals surface area contributed by atoms with Crippen molar-refractivity contribution in [3.8, 4) is 39.3 Å². The first-order valence-electron chi connectivity index (χ1n) is 11.4. The molecule has 4 aromatic rings. The summed E-state index contributed by atoms with van der Waals surface area (Å²) >= 11 is 1.22. The Balaban J connectivity index is 1.44. The van der Waals surface area contributed by atoms with Gasteiger partial charge in [0.1, 0.15) is 17.6 Å². The minimum atomic E-state index is -0.917. The first-order chi connectivity index (χ1) is 17.4. The number of hydrogen-bond donors (Lipinski definition) is 2. The summed E-state index contributed by atoms with van der Waals surface area (Å²) in [7, 11) is 3.42. The molecule has 1 amide bonds. The Morgan fingerprint density at radius 3 is 2.58 bits per heavy atom. The van der Waals surface area contributed by atoms with E-state index in [9.17, 15) is 9.90 Å². The molecule has 1 unspecified atom stereocenters. The van der Waals surface area contributed by atoms with Gasteiger partial charge in [-0.05, 0) is 48.2 Å². The molecule has 6 rings (SSSR count). The van der Waals surface area contributed by atoms with Gasteiger partial charge >= 0.3 is 0 Å². The van der Waals surface area contributed by atoms with E-state index >= 15 is 0 Å². The molecule has 0 spiro atoms. The number of carbonyl (C=O) groups is 1. The third-order valence-electron chi connectivity index (χ3n) is 6.48. The summed E-state index contributed by atoms with van der Waals surface area (Å²) in [6.07, 6.45) is 0.273. The highest BCUT2D eigenvalue weighted by Gasteiger charge is 2.34. The SMILES string of the molecule is COc1ccc(C(O)c2nn(C)c3c2CCc2c(C(N)=O)sc(Oc4ccc5c(c4)OCO5)c2-3)cc1. The molecular weight excluding hydrogens is 482 g/mol. The molecule has 0 saturated carbocycles. The summed E-state index contributed by atoms with van der Waals surface area (Å²) in [5.74, 6) is 2.01. The van der Waals surface area contributed by atoms with Crippen LogP contribution in [0.1, 0.15) is 38.2 Å². The zero-order valence-corrected chi connectivity index (χ0v) is 20.4. The van der Waals surface area contributed by atoms with Gasteiger partial charge in [-0.2, -0.15) is 5.10 Å². The summed E-state index contributed by atoms with van der Waals surface area (Å²) in [5.41, 5.74) is 10.3. The van der Waals surface area contributed by atoms with E-state index in [1.165, 1.54) is 11.3 Å². The number of aromatic nitrogens is 2. The topological polar surface area (TPSA) is 118 Å². The van der Waals surface area contributed by atoms with Gasteiger partial charge in [-0.25, -0.2) is 0 Å². The molecule has 2 aromatic carbocycles. The van der Waals surface area contributed by atoms with Gasteiger partial charge in [0.15, 0.2) is 16.6 Å². The number of hydrogen-bond acceptors (Lipinski definition) is 8. The van der Waals surface area contributed by atoms with Gasteiger partial charge in [0.2, 0.25) is 6.79 Å². The van der Waals surface area contributed by atoms with E-state index in [0.29, 0.717) is 57.0 Å². The van der Waals surface area contributed by atoms with Crippen molar-refractivity contribution in [3.05, 3.63) is 69.7 Å². The lowest BCUT2D eigenvalue weighted by molar-refractivity contribution is 0.100. The lowest BCUT2D eigenvalue weighted by Crippen LogP contribution is -2.14. The fourth-order valence-electron chi connectivity index (χ4n) is 4.80. The van der Waals surface area contributed by atoms with Crippen LogP contribution in [0.3, 0.4) is 0 Å². The van der Waals surface area contributed by atoms with E-state index in [1.54, 1.807) is 42.1 Å².